The average molecular weight is 379 g/mol. The molecule has 1 heterocycles. The van der Waals surface area contributed by atoms with Gasteiger partial charge in [-0.15, -0.1) is 0 Å². The zero-order valence-electron chi connectivity index (χ0n) is 15.0. The summed E-state index contributed by atoms with van der Waals surface area (Å²) in [5, 5.41) is 14.2. The number of benzene rings is 1. The van der Waals surface area contributed by atoms with E-state index in [2.05, 4.69) is 11.1 Å². The fourth-order valence-electron chi connectivity index (χ4n) is 4.50. The number of nitrogens with zero attached hydrogens (tertiary/aromatic N) is 2. The minimum atomic E-state index is -3.75. The Morgan fingerprint density at radius 1 is 1.00 bits per heavy atom. The summed E-state index contributed by atoms with van der Waals surface area (Å²) in [6.07, 6.45) is 8.25. The number of aromatic nitrogens is 1. The molecule has 0 aliphatic heterocycles. The first kappa shape index (κ1) is 17.9. The second kappa shape index (κ2) is 6.59. The first-order valence-corrected chi connectivity index (χ1v) is 10.7. The van der Waals surface area contributed by atoms with Gasteiger partial charge in [-0.05, 0) is 72.1 Å². The van der Waals surface area contributed by atoms with Crippen LogP contribution in [0.5, 0.6) is 0 Å². The molecule has 0 unspecified atom stereocenters. The molecule has 0 amide bonds. The molecule has 1 saturated carbocycles. The molecule has 4 rings (SSSR count). The molecule has 0 saturated heterocycles. The normalized spacial score (nSPS) is 18.8. The number of primary sulfonamides is 1. The molecule has 6 heteroatoms. The molecule has 2 aromatic rings. The van der Waals surface area contributed by atoms with Crippen molar-refractivity contribution in [3.8, 4) is 6.07 Å². The van der Waals surface area contributed by atoms with Crippen molar-refractivity contribution >= 4 is 21.2 Å². The Bertz CT molecular complexity index is 1040. The Labute approximate surface area is 159 Å². The van der Waals surface area contributed by atoms with Crippen LogP contribution in [-0.2, 0) is 10.0 Å². The molecule has 2 N–H and O–H groups in total. The van der Waals surface area contributed by atoms with Crippen molar-refractivity contribution in [1.29, 1.82) is 5.26 Å². The van der Waals surface area contributed by atoms with Crippen molar-refractivity contribution < 1.29 is 8.42 Å². The van der Waals surface area contributed by atoms with Crippen LogP contribution in [0.2, 0.25) is 0 Å². The van der Waals surface area contributed by atoms with Crippen molar-refractivity contribution in [2.75, 3.05) is 0 Å². The SMILES string of the molecule is N#Cc1ccc(C2=C(c3ccc(S(N)(=O)=O)cn3)CC3(CCCC3)C2)cc1. The van der Waals surface area contributed by atoms with Crippen LogP contribution in [-0.4, -0.2) is 13.4 Å². The maximum Gasteiger partial charge on any atom is 0.239 e. The van der Waals surface area contributed by atoms with Crippen molar-refractivity contribution in [3.63, 3.8) is 0 Å². The van der Waals surface area contributed by atoms with Crippen LogP contribution >= 0.6 is 0 Å². The Morgan fingerprint density at radius 3 is 2.22 bits per heavy atom. The molecule has 0 radical (unpaired) electrons. The van der Waals surface area contributed by atoms with Gasteiger partial charge in [0.05, 0.1) is 17.3 Å². The number of rotatable bonds is 3. The number of hydrogen-bond donors (Lipinski definition) is 1. The molecule has 138 valence electrons. The minimum absolute atomic E-state index is 0.0281. The largest absolute Gasteiger partial charge is 0.255 e. The fraction of sp³-hybridized carbons (Fsp3) is 0.333. The van der Waals surface area contributed by atoms with E-state index in [1.165, 1.54) is 49.1 Å². The van der Waals surface area contributed by atoms with E-state index in [1.54, 1.807) is 6.07 Å². The van der Waals surface area contributed by atoms with Gasteiger partial charge in [0, 0.05) is 6.20 Å². The Morgan fingerprint density at radius 2 is 1.67 bits per heavy atom. The van der Waals surface area contributed by atoms with Gasteiger partial charge in [0.1, 0.15) is 4.90 Å². The van der Waals surface area contributed by atoms with E-state index in [4.69, 9.17) is 10.4 Å². The van der Waals surface area contributed by atoms with Gasteiger partial charge < -0.3 is 0 Å². The quantitative estimate of drug-likeness (QED) is 0.875. The molecule has 1 spiro atoms. The van der Waals surface area contributed by atoms with Crippen LogP contribution in [0.4, 0.5) is 0 Å². The van der Waals surface area contributed by atoms with Crippen LogP contribution in [0.1, 0.15) is 55.3 Å². The van der Waals surface area contributed by atoms with Gasteiger partial charge in [-0.3, -0.25) is 4.98 Å². The van der Waals surface area contributed by atoms with Gasteiger partial charge in [0.2, 0.25) is 10.0 Å². The Balaban J connectivity index is 1.77. The second-order valence-corrected chi connectivity index (χ2v) is 9.19. The molecule has 0 atom stereocenters. The van der Waals surface area contributed by atoms with Crippen molar-refractivity contribution in [1.82, 2.24) is 4.98 Å². The van der Waals surface area contributed by atoms with E-state index in [0.717, 1.165) is 24.1 Å². The van der Waals surface area contributed by atoms with Gasteiger partial charge >= 0.3 is 0 Å². The summed E-state index contributed by atoms with van der Waals surface area (Å²) in [5.41, 5.74) is 5.30. The molecule has 1 aromatic heterocycles. The van der Waals surface area contributed by atoms with E-state index in [0.29, 0.717) is 11.0 Å². The molecule has 2 aliphatic carbocycles. The molecular formula is C21H21N3O2S. The fourth-order valence-corrected chi connectivity index (χ4v) is 4.96. The lowest BCUT2D eigenvalue weighted by Gasteiger charge is -2.23. The summed E-state index contributed by atoms with van der Waals surface area (Å²) in [5.74, 6) is 0. The van der Waals surface area contributed by atoms with E-state index in [9.17, 15) is 8.42 Å². The molecule has 0 bridgehead atoms. The van der Waals surface area contributed by atoms with Crippen LogP contribution in [0, 0.1) is 16.7 Å². The van der Waals surface area contributed by atoms with Crippen LogP contribution in [0.15, 0.2) is 47.5 Å². The standard InChI is InChI=1S/C21H21N3O2S/c22-13-15-3-5-16(6-4-15)18-11-21(9-1-2-10-21)12-19(18)20-8-7-17(14-24-20)27(23,25)26/h3-8,14H,1-2,9-12H2,(H2,23,25,26). The molecular weight excluding hydrogens is 358 g/mol. The number of sulfonamides is 1. The maximum atomic E-state index is 11.5. The summed E-state index contributed by atoms with van der Waals surface area (Å²) in [6.45, 7) is 0. The highest BCUT2D eigenvalue weighted by Crippen LogP contribution is 2.57. The lowest BCUT2D eigenvalue weighted by molar-refractivity contribution is 0.329. The van der Waals surface area contributed by atoms with E-state index >= 15 is 0 Å². The van der Waals surface area contributed by atoms with Gasteiger partial charge in [-0.1, -0.05) is 25.0 Å². The van der Waals surface area contributed by atoms with Crippen molar-refractivity contribution in [3.05, 3.63) is 59.4 Å². The molecule has 1 aromatic carbocycles. The molecule has 1 fully saturated rings. The summed E-state index contributed by atoms with van der Waals surface area (Å²) >= 11 is 0. The van der Waals surface area contributed by atoms with E-state index in [-0.39, 0.29) is 4.90 Å². The molecule has 5 nitrogen and oxygen atoms in total. The summed E-state index contributed by atoms with van der Waals surface area (Å²) < 4.78 is 23.0. The first-order chi connectivity index (χ1) is 12.9. The van der Waals surface area contributed by atoms with Crippen LogP contribution < -0.4 is 5.14 Å². The highest BCUT2D eigenvalue weighted by Gasteiger charge is 2.41. The van der Waals surface area contributed by atoms with E-state index < -0.39 is 10.0 Å². The number of pyridine rings is 1. The van der Waals surface area contributed by atoms with Crippen LogP contribution in [0.25, 0.3) is 11.1 Å². The summed E-state index contributed by atoms with van der Waals surface area (Å²) in [6, 6.07) is 13.1. The highest BCUT2D eigenvalue weighted by atomic mass is 32.2. The smallest absolute Gasteiger partial charge is 0.239 e. The Hall–Kier alpha value is -2.49. The third-order valence-corrected chi connectivity index (χ3v) is 6.77. The highest BCUT2D eigenvalue weighted by molar-refractivity contribution is 7.89. The van der Waals surface area contributed by atoms with Crippen molar-refractivity contribution in [2.24, 2.45) is 10.6 Å². The predicted octanol–water partition coefficient (Wildman–Crippen LogP) is 3.87. The predicted molar refractivity (Wildman–Crippen MR) is 104 cm³/mol. The lowest BCUT2D eigenvalue weighted by Crippen LogP contribution is -2.13. The maximum absolute atomic E-state index is 11.5. The first-order valence-electron chi connectivity index (χ1n) is 9.12. The average Bonchev–Trinajstić information content (AvgIpc) is 3.28. The Kier molecular flexibility index (Phi) is 4.37. The number of allylic oxidation sites excluding steroid dienone is 2. The monoisotopic (exact) mass is 379 g/mol. The van der Waals surface area contributed by atoms with Gasteiger partial charge in [-0.2, -0.15) is 5.26 Å². The molecule has 2 aliphatic rings. The molecule has 27 heavy (non-hydrogen) atoms. The summed E-state index contributed by atoms with van der Waals surface area (Å²) in [4.78, 5) is 4.45. The van der Waals surface area contributed by atoms with Gasteiger partial charge in [0.15, 0.2) is 0 Å². The van der Waals surface area contributed by atoms with Gasteiger partial charge in [-0.25, -0.2) is 13.6 Å². The van der Waals surface area contributed by atoms with Crippen molar-refractivity contribution in [2.45, 2.75) is 43.4 Å². The van der Waals surface area contributed by atoms with Crippen LogP contribution in [0.3, 0.4) is 0 Å². The lowest BCUT2D eigenvalue weighted by atomic mass is 9.81. The number of nitriles is 1. The third kappa shape index (κ3) is 3.41. The summed E-state index contributed by atoms with van der Waals surface area (Å²) in [7, 11) is -3.75. The second-order valence-electron chi connectivity index (χ2n) is 7.63. The van der Waals surface area contributed by atoms with Gasteiger partial charge in [0.25, 0.3) is 0 Å². The zero-order valence-corrected chi connectivity index (χ0v) is 15.8. The number of nitrogens with two attached hydrogens (primary N) is 1. The topological polar surface area (TPSA) is 96.8 Å². The third-order valence-electron chi connectivity index (χ3n) is 5.87. The zero-order chi connectivity index (χ0) is 19.1. The van der Waals surface area contributed by atoms with E-state index in [1.807, 2.05) is 24.3 Å². The minimum Gasteiger partial charge on any atom is -0.255 e. The number of hydrogen-bond acceptors (Lipinski definition) is 4.